The summed E-state index contributed by atoms with van der Waals surface area (Å²) >= 11 is 0. The molecule has 1 saturated heterocycles. The smallest absolute Gasteiger partial charge is 0.410 e. The number of nitrogens with zero attached hydrogens (tertiary/aromatic N) is 3. The SMILES string of the molecule is COc1ccccc1COCCCOc1ccc(C2CCN(C(=O)OC(C)(C)C)CC2OCc2ccc3nccnc3c2)cc1. The molecule has 3 aromatic carbocycles. The van der Waals surface area contributed by atoms with E-state index in [0.717, 1.165) is 52.1 Å². The van der Waals surface area contributed by atoms with E-state index in [2.05, 4.69) is 22.1 Å². The predicted molar refractivity (Wildman–Crippen MR) is 172 cm³/mol. The summed E-state index contributed by atoms with van der Waals surface area (Å²) in [6, 6.07) is 22.0. The van der Waals surface area contributed by atoms with Gasteiger partial charge >= 0.3 is 6.09 Å². The first kappa shape index (κ1) is 32.2. The molecule has 1 aliphatic rings. The molecular formula is C36H43N3O6. The standard InChI is InChI=1S/C36H43N3O6/c1-36(2,3)45-35(40)39-19-16-30(34(23-39)44-24-26-10-15-31-32(22-26)38-18-17-37-31)27-11-13-29(14-12-27)43-21-7-20-42-25-28-8-5-6-9-33(28)41-4/h5-6,8-15,17-18,22,30,34H,7,16,19-21,23-25H2,1-4H3. The van der Waals surface area contributed by atoms with Crippen LogP contribution in [0.2, 0.25) is 0 Å². The fourth-order valence-electron chi connectivity index (χ4n) is 5.43. The number of ether oxygens (including phenoxy) is 5. The van der Waals surface area contributed by atoms with Gasteiger partial charge in [-0.3, -0.25) is 9.97 Å². The van der Waals surface area contributed by atoms with Crippen LogP contribution in [0.25, 0.3) is 11.0 Å². The largest absolute Gasteiger partial charge is 0.496 e. The molecule has 0 spiro atoms. The van der Waals surface area contributed by atoms with Gasteiger partial charge in [0.1, 0.15) is 17.1 Å². The Bertz CT molecular complexity index is 1540. The Balaban J connectivity index is 1.17. The van der Waals surface area contributed by atoms with Crippen LogP contribution in [-0.4, -0.2) is 66.1 Å². The van der Waals surface area contributed by atoms with Gasteiger partial charge in [-0.15, -0.1) is 0 Å². The zero-order valence-electron chi connectivity index (χ0n) is 26.6. The maximum Gasteiger partial charge on any atom is 0.410 e. The fraction of sp³-hybridized carbons (Fsp3) is 0.417. The molecule has 0 bridgehead atoms. The Hall–Kier alpha value is -4.21. The molecule has 1 fully saturated rings. The molecule has 1 amide bonds. The second-order valence-electron chi connectivity index (χ2n) is 12.2. The number of benzene rings is 3. The van der Waals surface area contributed by atoms with Crippen molar-refractivity contribution < 1.29 is 28.5 Å². The van der Waals surface area contributed by atoms with Crippen LogP contribution in [0.5, 0.6) is 11.5 Å². The minimum Gasteiger partial charge on any atom is -0.496 e. The molecule has 2 heterocycles. The molecule has 1 aliphatic heterocycles. The van der Waals surface area contributed by atoms with Crippen LogP contribution in [0, 0.1) is 0 Å². The first-order valence-electron chi connectivity index (χ1n) is 15.5. The average molecular weight is 614 g/mol. The summed E-state index contributed by atoms with van der Waals surface area (Å²) in [4.78, 5) is 23.5. The zero-order valence-corrected chi connectivity index (χ0v) is 26.6. The zero-order chi connectivity index (χ0) is 31.6. The highest BCUT2D eigenvalue weighted by Crippen LogP contribution is 2.33. The van der Waals surface area contributed by atoms with Crippen molar-refractivity contribution in [1.29, 1.82) is 0 Å². The number of hydrogen-bond acceptors (Lipinski definition) is 8. The molecule has 2 atom stereocenters. The summed E-state index contributed by atoms with van der Waals surface area (Å²) in [5.74, 6) is 1.76. The Kier molecular flexibility index (Phi) is 10.9. The van der Waals surface area contributed by atoms with Crippen LogP contribution in [0.1, 0.15) is 56.2 Å². The average Bonchev–Trinajstić information content (AvgIpc) is 3.05. The van der Waals surface area contributed by atoms with Gasteiger partial charge in [0.2, 0.25) is 0 Å². The summed E-state index contributed by atoms with van der Waals surface area (Å²) in [5.41, 5.74) is 4.30. The summed E-state index contributed by atoms with van der Waals surface area (Å²) < 4.78 is 29.4. The van der Waals surface area contributed by atoms with Crippen molar-refractivity contribution in [1.82, 2.24) is 14.9 Å². The van der Waals surface area contributed by atoms with Gasteiger partial charge in [0.15, 0.2) is 0 Å². The highest BCUT2D eigenvalue weighted by molar-refractivity contribution is 5.74. The number of methoxy groups -OCH3 is 1. The van der Waals surface area contributed by atoms with E-state index in [1.54, 1.807) is 24.4 Å². The number of fused-ring (bicyclic) bond motifs is 1. The third-order valence-electron chi connectivity index (χ3n) is 7.67. The number of piperidine rings is 1. The summed E-state index contributed by atoms with van der Waals surface area (Å²) in [6.07, 6.45) is 4.38. The minimum atomic E-state index is -0.562. The number of likely N-dealkylation sites (tertiary alicyclic amines) is 1. The lowest BCUT2D eigenvalue weighted by Crippen LogP contribution is -2.48. The molecule has 0 aliphatic carbocycles. The van der Waals surface area contributed by atoms with E-state index in [1.165, 1.54) is 0 Å². The van der Waals surface area contributed by atoms with Crippen LogP contribution < -0.4 is 9.47 Å². The number of para-hydroxylation sites is 1. The molecule has 4 aromatic rings. The Morgan fingerprint density at radius 1 is 0.933 bits per heavy atom. The van der Waals surface area contributed by atoms with Gasteiger partial charge in [-0.25, -0.2) is 4.79 Å². The van der Waals surface area contributed by atoms with Crippen LogP contribution >= 0.6 is 0 Å². The van der Waals surface area contributed by atoms with Gasteiger partial charge in [-0.2, -0.15) is 0 Å². The highest BCUT2D eigenvalue weighted by atomic mass is 16.6. The summed E-state index contributed by atoms with van der Waals surface area (Å²) in [5, 5.41) is 0. The lowest BCUT2D eigenvalue weighted by atomic mass is 9.87. The highest BCUT2D eigenvalue weighted by Gasteiger charge is 2.35. The summed E-state index contributed by atoms with van der Waals surface area (Å²) in [7, 11) is 1.67. The van der Waals surface area contributed by atoms with Crippen molar-refractivity contribution >= 4 is 17.1 Å². The lowest BCUT2D eigenvalue weighted by Gasteiger charge is -2.39. The lowest BCUT2D eigenvalue weighted by molar-refractivity contribution is -0.0359. The van der Waals surface area contributed by atoms with Gasteiger partial charge in [-0.05, 0) is 68.7 Å². The van der Waals surface area contributed by atoms with Crippen molar-refractivity contribution in [3.63, 3.8) is 0 Å². The first-order valence-corrected chi connectivity index (χ1v) is 15.5. The maximum absolute atomic E-state index is 12.9. The third-order valence-corrected chi connectivity index (χ3v) is 7.67. The van der Waals surface area contributed by atoms with Crippen LogP contribution in [-0.2, 0) is 27.4 Å². The van der Waals surface area contributed by atoms with Crippen molar-refractivity contribution in [3.8, 4) is 11.5 Å². The molecule has 5 rings (SSSR count). The fourth-order valence-corrected chi connectivity index (χ4v) is 5.43. The number of hydrogen-bond donors (Lipinski definition) is 0. The van der Waals surface area contributed by atoms with E-state index in [-0.39, 0.29) is 18.1 Å². The minimum absolute atomic E-state index is 0.112. The Morgan fingerprint density at radius 2 is 1.71 bits per heavy atom. The van der Waals surface area contributed by atoms with Gasteiger partial charge < -0.3 is 28.6 Å². The maximum atomic E-state index is 12.9. The Morgan fingerprint density at radius 3 is 2.49 bits per heavy atom. The molecule has 0 N–H and O–H groups in total. The quantitative estimate of drug-likeness (QED) is 0.159. The number of aromatic nitrogens is 2. The van der Waals surface area contributed by atoms with Crippen molar-refractivity contribution in [3.05, 3.63) is 95.8 Å². The van der Waals surface area contributed by atoms with Crippen LogP contribution in [0.4, 0.5) is 4.79 Å². The van der Waals surface area contributed by atoms with E-state index in [4.69, 9.17) is 23.7 Å². The molecule has 9 heteroatoms. The van der Waals surface area contributed by atoms with Crippen molar-refractivity contribution in [2.45, 2.75) is 64.4 Å². The molecular weight excluding hydrogens is 570 g/mol. The van der Waals surface area contributed by atoms with Crippen molar-refractivity contribution in [2.75, 3.05) is 33.4 Å². The number of carbonyl (C=O) groups is 1. The molecule has 9 nitrogen and oxygen atoms in total. The Labute approximate surface area is 265 Å². The first-order chi connectivity index (χ1) is 21.8. The molecule has 0 radical (unpaired) electrons. The van der Waals surface area contributed by atoms with E-state index < -0.39 is 5.60 Å². The van der Waals surface area contributed by atoms with Gasteiger partial charge in [0.05, 0.1) is 57.2 Å². The predicted octanol–water partition coefficient (Wildman–Crippen LogP) is 6.93. The molecule has 238 valence electrons. The molecule has 45 heavy (non-hydrogen) atoms. The molecule has 1 aromatic heterocycles. The van der Waals surface area contributed by atoms with Gasteiger partial charge in [0, 0.05) is 36.8 Å². The number of rotatable bonds is 12. The summed E-state index contributed by atoms with van der Waals surface area (Å²) in [6.45, 7) is 8.74. The molecule has 2 unspecified atom stereocenters. The van der Waals surface area contributed by atoms with Crippen molar-refractivity contribution in [2.24, 2.45) is 0 Å². The van der Waals surface area contributed by atoms with Gasteiger partial charge in [0.25, 0.3) is 0 Å². The van der Waals surface area contributed by atoms with Crippen LogP contribution in [0.15, 0.2) is 79.1 Å². The van der Waals surface area contributed by atoms with E-state index in [0.29, 0.717) is 39.5 Å². The number of carbonyl (C=O) groups excluding carboxylic acids is 1. The third kappa shape index (κ3) is 9.15. The second kappa shape index (κ2) is 15.2. The molecule has 0 saturated carbocycles. The van der Waals surface area contributed by atoms with Crippen LogP contribution in [0.3, 0.4) is 0 Å². The monoisotopic (exact) mass is 613 g/mol. The van der Waals surface area contributed by atoms with Gasteiger partial charge in [-0.1, -0.05) is 36.4 Å². The van der Waals surface area contributed by atoms with E-state index in [1.807, 2.05) is 75.4 Å². The second-order valence-corrected chi connectivity index (χ2v) is 12.2. The van der Waals surface area contributed by atoms with E-state index >= 15 is 0 Å². The van der Waals surface area contributed by atoms with E-state index in [9.17, 15) is 4.79 Å². The normalized spacial score (nSPS) is 16.8. The number of amides is 1. The topological polar surface area (TPSA) is 92.2 Å².